The van der Waals surface area contributed by atoms with Gasteiger partial charge < -0.3 is 10.2 Å². The van der Waals surface area contributed by atoms with E-state index in [2.05, 4.69) is 15.0 Å². The summed E-state index contributed by atoms with van der Waals surface area (Å²) in [5, 5.41) is 18.8. The number of carbonyl (C=O) groups is 2. The number of nitrogens with zero attached hydrogens (tertiary/aromatic N) is 3. The molecule has 0 spiro atoms. The van der Waals surface area contributed by atoms with E-state index in [9.17, 15) is 19.8 Å². The van der Waals surface area contributed by atoms with Gasteiger partial charge in [-0.3, -0.25) is 9.97 Å². The molecule has 1 aromatic carbocycles. The zero-order valence-electron chi connectivity index (χ0n) is 17.6. The predicted molar refractivity (Wildman–Crippen MR) is 125 cm³/mol. The lowest BCUT2D eigenvalue weighted by Crippen LogP contribution is -2.02. The molecule has 162 valence electrons. The van der Waals surface area contributed by atoms with Crippen molar-refractivity contribution in [2.24, 2.45) is 0 Å². The molecule has 0 saturated heterocycles. The summed E-state index contributed by atoms with van der Waals surface area (Å²) in [5.74, 6) is -2.24. The van der Waals surface area contributed by atoms with Crippen molar-refractivity contribution >= 4 is 24.1 Å². The number of aromatic nitrogens is 3. The first-order chi connectivity index (χ1) is 15.9. The van der Waals surface area contributed by atoms with Gasteiger partial charge in [-0.2, -0.15) is 0 Å². The van der Waals surface area contributed by atoms with E-state index in [0.717, 1.165) is 11.1 Å². The summed E-state index contributed by atoms with van der Waals surface area (Å²) < 4.78 is 0. The molecule has 0 unspecified atom stereocenters. The molecule has 0 atom stereocenters. The van der Waals surface area contributed by atoms with E-state index in [-0.39, 0.29) is 22.5 Å². The molecule has 0 aliphatic rings. The van der Waals surface area contributed by atoms with Crippen molar-refractivity contribution in [2.45, 2.75) is 6.92 Å². The first kappa shape index (κ1) is 21.6. The summed E-state index contributed by atoms with van der Waals surface area (Å²) in [4.78, 5) is 36.1. The Hall–Kier alpha value is -4.65. The average Bonchev–Trinajstić information content (AvgIpc) is 2.83. The van der Waals surface area contributed by atoms with Crippen LogP contribution in [0, 0.1) is 6.92 Å². The second-order valence-corrected chi connectivity index (χ2v) is 7.38. The Morgan fingerprint density at radius 1 is 0.667 bits per heavy atom. The average molecular weight is 437 g/mol. The van der Waals surface area contributed by atoms with Gasteiger partial charge in [0.25, 0.3) is 0 Å². The Balaban J connectivity index is 1.73. The number of rotatable bonds is 6. The maximum absolute atomic E-state index is 11.7. The summed E-state index contributed by atoms with van der Waals surface area (Å²) in [7, 11) is 0. The fraction of sp³-hybridized carbons (Fsp3) is 0.0385. The standard InChI is InChI=1S/C26H19N3O4/c1-16-2-4-17(5-3-16)6-7-18-8-10-27-21(12-18)23-14-20(26(32)33)15-24(29-23)22-13-19(25(30)31)9-11-28-22/h2-15H,1H3,(H,30,31)(H,32,33)/b7-6+. The van der Waals surface area contributed by atoms with Gasteiger partial charge in [-0.05, 0) is 54.4 Å². The second-order valence-electron chi connectivity index (χ2n) is 7.38. The van der Waals surface area contributed by atoms with Crippen molar-refractivity contribution in [1.82, 2.24) is 15.0 Å². The van der Waals surface area contributed by atoms with E-state index in [1.807, 2.05) is 55.5 Å². The lowest BCUT2D eigenvalue weighted by atomic mass is 10.1. The maximum Gasteiger partial charge on any atom is 0.335 e. The quantitative estimate of drug-likeness (QED) is 0.432. The SMILES string of the molecule is Cc1ccc(/C=C/c2ccnc(-c3cc(C(=O)O)cc(-c4cc(C(=O)O)ccn4)n3)c2)cc1. The summed E-state index contributed by atoms with van der Waals surface area (Å²) in [6.45, 7) is 2.03. The van der Waals surface area contributed by atoms with Gasteiger partial charge in [-0.15, -0.1) is 0 Å². The van der Waals surface area contributed by atoms with Gasteiger partial charge in [0.15, 0.2) is 0 Å². The topological polar surface area (TPSA) is 113 Å². The smallest absolute Gasteiger partial charge is 0.335 e. The number of pyridine rings is 3. The zero-order chi connectivity index (χ0) is 23.4. The molecular weight excluding hydrogens is 418 g/mol. The highest BCUT2D eigenvalue weighted by Crippen LogP contribution is 2.24. The van der Waals surface area contributed by atoms with Gasteiger partial charge in [0, 0.05) is 12.4 Å². The largest absolute Gasteiger partial charge is 0.478 e. The molecular formula is C26H19N3O4. The van der Waals surface area contributed by atoms with E-state index in [0.29, 0.717) is 11.4 Å². The Kier molecular flexibility index (Phi) is 6.04. The Labute approximate surface area is 189 Å². The number of carboxylic acid groups (broad SMARTS) is 2. The van der Waals surface area contributed by atoms with Gasteiger partial charge >= 0.3 is 11.9 Å². The van der Waals surface area contributed by atoms with Gasteiger partial charge in [-0.1, -0.05) is 42.0 Å². The first-order valence-corrected chi connectivity index (χ1v) is 10.1. The Bertz CT molecular complexity index is 1380. The number of carboxylic acids is 2. The predicted octanol–water partition coefficient (Wildman–Crippen LogP) is 5.08. The minimum absolute atomic E-state index is 0.0000661. The highest BCUT2D eigenvalue weighted by Gasteiger charge is 2.14. The molecule has 4 rings (SSSR count). The molecule has 33 heavy (non-hydrogen) atoms. The van der Waals surface area contributed by atoms with Gasteiger partial charge in [0.1, 0.15) is 0 Å². The fourth-order valence-electron chi connectivity index (χ4n) is 3.18. The first-order valence-electron chi connectivity index (χ1n) is 10.1. The van der Waals surface area contributed by atoms with Crippen LogP contribution in [-0.2, 0) is 0 Å². The van der Waals surface area contributed by atoms with E-state index < -0.39 is 11.9 Å². The summed E-state index contributed by atoms with van der Waals surface area (Å²) in [6, 6.07) is 17.3. The van der Waals surface area contributed by atoms with Crippen molar-refractivity contribution in [3.63, 3.8) is 0 Å². The van der Waals surface area contributed by atoms with E-state index in [1.165, 1.54) is 36.0 Å². The monoisotopic (exact) mass is 437 g/mol. The lowest BCUT2D eigenvalue weighted by Gasteiger charge is -2.08. The molecule has 0 aliphatic heterocycles. The maximum atomic E-state index is 11.7. The van der Waals surface area contributed by atoms with Crippen LogP contribution in [0.2, 0.25) is 0 Å². The van der Waals surface area contributed by atoms with Gasteiger partial charge in [0.2, 0.25) is 0 Å². The molecule has 2 N–H and O–H groups in total. The minimum Gasteiger partial charge on any atom is -0.478 e. The van der Waals surface area contributed by atoms with Gasteiger partial charge in [0.05, 0.1) is 33.9 Å². The highest BCUT2D eigenvalue weighted by molar-refractivity contribution is 5.91. The van der Waals surface area contributed by atoms with Crippen molar-refractivity contribution < 1.29 is 19.8 Å². The van der Waals surface area contributed by atoms with E-state index in [4.69, 9.17) is 0 Å². The number of aromatic carboxylic acids is 2. The molecule has 3 aromatic heterocycles. The second kappa shape index (κ2) is 9.23. The number of hydrogen-bond acceptors (Lipinski definition) is 5. The van der Waals surface area contributed by atoms with Crippen molar-refractivity contribution in [1.29, 1.82) is 0 Å². The minimum atomic E-state index is -1.13. The van der Waals surface area contributed by atoms with Gasteiger partial charge in [-0.25, -0.2) is 14.6 Å². The van der Waals surface area contributed by atoms with Crippen LogP contribution in [0.4, 0.5) is 0 Å². The van der Waals surface area contributed by atoms with Crippen molar-refractivity contribution in [3.05, 3.63) is 101 Å². The third-order valence-corrected chi connectivity index (χ3v) is 4.93. The molecule has 0 fully saturated rings. The van der Waals surface area contributed by atoms with E-state index in [1.54, 1.807) is 6.20 Å². The molecule has 3 heterocycles. The molecule has 0 bridgehead atoms. The van der Waals surface area contributed by atoms with Crippen LogP contribution in [0.5, 0.6) is 0 Å². The molecule has 0 aliphatic carbocycles. The Morgan fingerprint density at radius 2 is 1.21 bits per heavy atom. The molecule has 0 radical (unpaired) electrons. The third kappa shape index (κ3) is 5.16. The van der Waals surface area contributed by atoms with Crippen LogP contribution in [-0.4, -0.2) is 37.1 Å². The number of aryl methyl sites for hydroxylation is 1. The molecule has 0 saturated carbocycles. The van der Waals surface area contributed by atoms with Crippen LogP contribution in [0.25, 0.3) is 34.9 Å². The zero-order valence-corrected chi connectivity index (χ0v) is 17.6. The number of hydrogen-bond donors (Lipinski definition) is 2. The van der Waals surface area contributed by atoms with E-state index >= 15 is 0 Å². The van der Waals surface area contributed by atoms with Crippen molar-refractivity contribution in [2.75, 3.05) is 0 Å². The van der Waals surface area contributed by atoms with Crippen LogP contribution >= 0.6 is 0 Å². The summed E-state index contributed by atoms with van der Waals surface area (Å²) in [6.07, 6.45) is 6.90. The highest BCUT2D eigenvalue weighted by atomic mass is 16.4. The van der Waals surface area contributed by atoms with Crippen LogP contribution in [0.1, 0.15) is 37.4 Å². The molecule has 4 aromatic rings. The summed E-state index contributed by atoms with van der Waals surface area (Å²) in [5.41, 5.74) is 4.47. The molecule has 0 amide bonds. The number of benzene rings is 1. The summed E-state index contributed by atoms with van der Waals surface area (Å²) >= 11 is 0. The van der Waals surface area contributed by atoms with Crippen LogP contribution in [0.15, 0.2) is 73.1 Å². The third-order valence-electron chi connectivity index (χ3n) is 4.93. The molecule has 7 heteroatoms. The lowest BCUT2D eigenvalue weighted by molar-refractivity contribution is 0.0686. The van der Waals surface area contributed by atoms with Crippen LogP contribution < -0.4 is 0 Å². The fourth-order valence-corrected chi connectivity index (χ4v) is 3.18. The normalized spacial score (nSPS) is 10.9. The van der Waals surface area contributed by atoms with Crippen molar-refractivity contribution in [3.8, 4) is 22.8 Å². The molecule has 7 nitrogen and oxygen atoms in total. The Morgan fingerprint density at radius 3 is 1.85 bits per heavy atom. The van der Waals surface area contributed by atoms with Crippen LogP contribution in [0.3, 0.4) is 0 Å².